The van der Waals surface area contributed by atoms with Gasteiger partial charge in [-0.25, -0.2) is 4.98 Å². The Morgan fingerprint density at radius 3 is 1.96 bits per heavy atom. The third-order valence-corrected chi connectivity index (χ3v) is 4.30. The Kier molecular flexibility index (Phi) is 4.34. The van der Waals surface area contributed by atoms with Crippen molar-refractivity contribution in [3.8, 4) is 11.6 Å². The first kappa shape index (κ1) is 16.2. The highest BCUT2D eigenvalue weighted by Gasteiger charge is 2.22. The molecule has 0 spiro atoms. The maximum Gasteiger partial charge on any atom is 0.238 e. The molecule has 0 saturated heterocycles. The van der Waals surface area contributed by atoms with E-state index in [2.05, 4.69) is 67.1 Å². The van der Waals surface area contributed by atoms with Gasteiger partial charge >= 0.3 is 0 Å². The molecule has 0 atom stereocenters. The van der Waals surface area contributed by atoms with E-state index in [4.69, 9.17) is 4.74 Å². The number of hydrogen-bond acceptors (Lipinski definition) is 3. The second kappa shape index (κ2) is 6.44. The number of rotatable bonds is 4. The molecule has 24 heavy (non-hydrogen) atoms. The van der Waals surface area contributed by atoms with Crippen LogP contribution >= 0.6 is 0 Å². The average Bonchev–Trinajstić information content (AvgIpc) is 2.56. The summed E-state index contributed by atoms with van der Waals surface area (Å²) >= 11 is 0. The second-order valence-corrected chi connectivity index (χ2v) is 6.62. The SMILES string of the molecule is Cc1ccc(C(C)(C)c2ccc(Oc3cncc(C)n3)cc2)cc1. The molecule has 0 fully saturated rings. The van der Waals surface area contributed by atoms with Gasteiger partial charge in [0.2, 0.25) is 5.88 Å². The zero-order valence-electron chi connectivity index (χ0n) is 14.6. The molecule has 0 aliphatic rings. The number of ether oxygens (including phenoxy) is 1. The molecule has 0 aliphatic heterocycles. The number of aromatic nitrogens is 2. The predicted octanol–water partition coefficient (Wildman–Crippen LogP) is 5.21. The molecule has 0 bridgehead atoms. The van der Waals surface area contributed by atoms with Crippen LogP contribution in [0.2, 0.25) is 0 Å². The molecular weight excluding hydrogens is 296 g/mol. The van der Waals surface area contributed by atoms with Crippen LogP contribution in [-0.4, -0.2) is 9.97 Å². The van der Waals surface area contributed by atoms with E-state index in [9.17, 15) is 0 Å². The van der Waals surface area contributed by atoms with E-state index in [1.807, 2.05) is 19.1 Å². The van der Waals surface area contributed by atoms with Crippen LogP contribution in [0.3, 0.4) is 0 Å². The van der Waals surface area contributed by atoms with Crippen molar-refractivity contribution in [1.29, 1.82) is 0 Å². The standard InChI is InChI=1S/C21H22N2O/c1-15-5-7-17(8-6-15)21(3,4)18-9-11-19(12-10-18)24-20-14-22-13-16(2)23-20/h5-14H,1-4H3. The summed E-state index contributed by atoms with van der Waals surface area (Å²) in [6.45, 7) is 8.48. The largest absolute Gasteiger partial charge is 0.437 e. The summed E-state index contributed by atoms with van der Waals surface area (Å²) in [5, 5.41) is 0. The Hall–Kier alpha value is -2.68. The molecule has 2 aromatic carbocycles. The lowest BCUT2D eigenvalue weighted by molar-refractivity contribution is 0.458. The lowest BCUT2D eigenvalue weighted by atomic mass is 9.78. The highest BCUT2D eigenvalue weighted by Crippen LogP contribution is 2.33. The van der Waals surface area contributed by atoms with E-state index in [1.54, 1.807) is 12.4 Å². The summed E-state index contributed by atoms with van der Waals surface area (Å²) in [6, 6.07) is 16.9. The molecule has 3 heteroatoms. The summed E-state index contributed by atoms with van der Waals surface area (Å²) in [6.07, 6.45) is 3.33. The summed E-state index contributed by atoms with van der Waals surface area (Å²) in [5.74, 6) is 1.28. The topological polar surface area (TPSA) is 35.0 Å². The molecule has 0 amide bonds. The minimum atomic E-state index is -0.0601. The van der Waals surface area contributed by atoms with Gasteiger partial charge in [0.25, 0.3) is 0 Å². The Labute approximate surface area is 143 Å². The fraction of sp³-hybridized carbons (Fsp3) is 0.238. The van der Waals surface area contributed by atoms with Gasteiger partial charge in [-0.1, -0.05) is 55.8 Å². The van der Waals surface area contributed by atoms with E-state index < -0.39 is 0 Å². The van der Waals surface area contributed by atoms with Crippen molar-refractivity contribution in [2.24, 2.45) is 0 Å². The molecule has 0 radical (unpaired) electrons. The number of aryl methyl sites for hydroxylation is 2. The molecule has 0 aliphatic carbocycles. The quantitative estimate of drug-likeness (QED) is 0.662. The van der Waals surface area contributed by atoms with Gasteiger partial charge in [-0.05, 0) is 37.1 Å². The lowest BCUT2D eigenvalue weighted by Crippen LogP contribution is -2.18. The van der Waals surface area contributed by atoms with Gasteiger partial charge in [0, 0.05) is 11.6 Å². The smallest absolute Gasteiger partial charge is 0.238 e. The van der Waals surface area contributed by atoms with Crippen LogP contribution in [0, 0.1) is 13.8 Å². The van der Waals surface area contributed by atoms with Gasteiger partial charge in [0.15, 0.2) is 0 Å². The van der Waals surface area contributed by atoms with Crippen LogP contribution in [0.5, 0.6) is 11.6 Å². The zero-order valence-corrected chi connectivity index (χ0v) is 14.6. The maximum atomic E-state index is 5.77. The van der Waals surface area contributed by atoms with E-state index in [0.717, 1.165) is 11.4 Å². The van der Waals surface area contributed by atoms with Gasteiger partial charge in [-0.15, -0.1) is 0 Å². The number of nitrogens with zero attached hydrogens (tertiary/aromatic N) is 2. The van der Waals surface area contributed by atoms with E-state index >= 15 is 0 Å². The Morgan fingerprint density at radius 2 is 1.38 bits per heavy atom. The van der Waals surface area contributed by atoms with Crippen LogP contribution in [0.25, 0.3) is 0 Å². The minimum Gasteiger partial charge on any atom is -0.437 e. The molecular formula is C21H22N2O. The first-order valence-electron chi connectivity index (χ1n) is 8.09. The Balaban J connectivity index is 1.82. The second-order valence-electron chi connectivity index (χ2n) is 6.62. The van der Waals surface area contributed by atoms with Crippen molar-refractivity contribution in [3.05, 3.63) is 83.3 Å². The summed E-state index contributed by atoms with van der Waals surface area (Å²) in [7, 11) is 0. The fourth-order valence-corrected chi connectivity index (χ4v) is 2.69. The molecule has 1 heterocycles. The van der Waals surface area contributed by atoms with Crippen LogP contribution in [0.15, 0.2) is 60.9 Å². The van der Waals surface area contributed by atoms with Crippen LogP contribution in [-0.2, 0) is 5.41 Å². The van der Waals surface area contributed by atoms with Crippen molar-refractivity contribution >= 4 is 0 Å². The zero-order chi connectivity index (χ0) is 17.2. The average molecular weight is 318 g/mol. The minimum absolute atomic E-state index is 0.0601. The predicted molar refractivity (Wildman–Crippen MR) is 96.6 cm³/mol. The van der Waals surface area contributed by atoms with Crippen molar-refractivity contribution < 1.29 is 4.74 Å². The molecule has 0 unspecified atom stereocenters. The highest BCUT2D eigenvalue weighted by atomic mass is 16.5. The third-order valence-electron chi connectivity index (χ3n) is 4.30. The van der Waals surface area contributed by atoms with E-state index in [0.29, 0.717) is 5.88 Å². The fourth-order valence-electron chi connectivity index (χ4n) is 2.69. The van der Waals surface area contributed by atoms with Crippen molar-refractivity contribution in [2.75, 3.05) is 0 Å². The van der Waals surface area contributed by atoms with Crippen molar-refractivity contribution in [2.45, 2.75) is 33.1 Å². The first-order valence-corrected chi connectivity index (χ1v) is 8.09. The Bertz CT molecular complexity index is 821. The summed E-state index contributed by atoms with van der Waals surface area (Å²) < 4.78 is 5.77. The molecule has 0 N–H and O–H groups in total. The number of benzene rings is 2. The monoisotopic (exact) mass is 318 g/mol. The summed E-state index contributed by atoms with van der Waals surface area (Å²) in [5.41, 5.74) is 4.59. The normalized spacial score (nSPS) is 11.3. The molecule has 3 aromatic rings. The third kappa shape index (κ3) is 3.46. The van der Waals surface area contributed by atoms with Gasteiger partial charge in [-0.2, -0.15) is 0 Å². The lowest BCUT2D eigenvalue weighted by Gasteiger charge is -2.26. The molecule has 3 rings (SSSR count). The van der Waals surface area contributed by atoms with Crippen molar-refractivity contribution in [3.63, 3.8) is 0 Å². The van der Waals surface area contributed by atoms with Crippen molar-refractivity contribution in [1.82, 2.24) is 9.97 Å². The van der Waals surface area contributed by atoms with Gasteiger partial charge in [0.1, 0.15) is 5.75 Å². The maximum absolute atomic E-state index is 5.77. The van der Waals surface area contributed by atoms with Crippen LogP contribution in [0.1, 0.15) is 36.2 Å². The summed E-state index contributed by atoms with van der Waals surface area (Å²) in [4.78, 5) is 8.41. The van der Waals surface area contributed by atoms with Gasteiger partial charge in [0.05, 0.1) is 11.9 Å². The van der Waals surface area contributed by atoms with Gasteiger partial charge in [-0.3, -0.25) is 4.98 Å². The van der Waals surface area contributed by atoms with Gasteiger partial charge < -0.3 is 4.74 Å². The molecule has 122 valence electrons. The molecule has 0 saturated carbocycles. The molecule has 3 nitrogen and oxygen atoms in total. The van der Waals surface area contributed by atoms with E-state index in [1.165, 1.54) is 16.7 Å². The highest BCUT2D eigenvalue weighted by molar-refractivity contribution is 5.41. The van der Waals surface area contributed by atoms with Crippen LogP contribution < -0.4 is 4.74 Å². The Morgan fingerprint density at radius 1 is 0.792 bits per heavy atom. The van der Waals surface area contributed by atoms with Crippen LogP contribution in [0.4, 0.5) is 0 Å². The number of hydrogen-bond donors (Lipinski definition) is 0. The first-order chi connectivity index (χ1) is 11.4. The molecule has 1 aromatic heterocycles. The van der Waals surface area contributed by atoms with E-state index in [-0.39, 0.29) is 5.41 Å².